The minimum atomic E-state index is 0.0938. The fraction of sp³-hybridized carbons (Fsp3) is 0.294. The number of nitrogens with one attached hydrogen (secondary N) is 1. The Balaban J connectivity index is 2.04. The fourth-order valence-electron chi connectivity index (χ4n) is 2.33. The van der Waals surface area contributed by atoms with Crippen molar-refractivity contribution in [2.75, 3.05) is 0 Å². The topological polar surface area (TPSA) is 32.3 Å². The van der Waals surface area contributed by atoms with E-state index in [2.05, 4.69) is 49.5 Å². The van der Waals surface area contributed by atoms with E-state index in [1.807, 2.05) is 18.2 Å². The van der Waals surface area contributed by atoms with Crippen molar-refractivity contribution in [1.82, 2.24) is 5.32 Å². The summed E-state index contributed by atoms with van der Waals surface area (Å²) >= 11 is 0. The summed E-state index contributed by atoms with van der Waals surface area (Å²) < 4.78 is 0. The van der Waals surface area contributed by atoms with Gasteiger partial charge in [-0.25, -0.2) is 0 Å². The van der Waals surface area contributed by atoms with Gasteiger partial charge in [-0.05, 0) is 36.1 Å². The second kappa shape index (κ2) is 6.50. The maximum absolute atomic E-state index is 9.32. The van der Waals surface area contributed by atoms with Crippen LogP contribution in [0.15, 0.2) is 48.5 Å². The molecule has 100 valence electrons. The van der Waals surface area contributed by atoms with Gasteiger partial charge >= 0.3 is 0 Å². The zero-order chi connectivity index (χ0) is 13.7. The van der Waals surface area contributed by atoms with Gasteiger partial charge in [0.15, 0.2) is 0 Å². The van der Waals surface area contributed by atoms with E-state index in [0.717, 1.165) is 17.7 Å². The lowest BCUT2D eigenvalue weighted by atomic mass is 10.0. The standard InChI is InChI=1S/C17H21NO/c1-13-7-3-6-10-17(13)14(2)18-11-15-8-4-5-9-16(15)12-19/h3-10,14,18-19H,11-12H2,1-2H3. The maximum Gasteiger partial charge on any atom is 0.0685 e. The normalized spacial score (nSPS) is 12.4. The van der Waals surface area contributed by atoms with Crippen molar-refractivity contribution < 1.29 is 5.11 Å². The second-order valence-corrected chi connectivity index (χ2v) is 4.89. The van der Waals surface area contributed by atoms with Gasteiger partial charge in [-0.1, -0.05) is 48.5 Å². The molecule has 2 aromatic rings. The molecule has 0 spiro atoms. The van der Waals surface area contributed by atoms with Crippen LogP contribution in [0.25, 0.3) is 0 Å². The Labute approximate surface area is 115 Å². The summed E-state index contributed by atoms with van der Waals surface area (Å²) in [5, 5.41) is 12.8. The molecule has 2 heteroatoms. The molecule has 2 N–H and O–H groups in total. The highest BCUT2D eigenvalue weighted by atomic mass is 16.3. The number of hydrogen-bond donors (Lipinski definition) is 2. The van der Waals surface area contributed by atoms with Crippen molar-refractivity contribution in [2.45, 2.75) is 33.0 Å². The highest BCUT2D eigenvalue weighted by Gasteiger charge is 2.08. The van der Waals surface area contributed by atoms with E-state index in [0.29, 0.717) is 6.04 Å². The van der Waals surface area contributed by atoms with E-state index in [-0.39, 0.29) is 6.61 Å². The van der Waals surface area contributed by atoms with Crippen LogP contribution in [0.4, 0.5) is 0 Å². The average molecular weight is 255 g/mol. The fourth-order valence-corrected chi connectivity index (χ4v) is 2.33. The average Bonchev–Trinajstić information content (AvgIpc) is 2.45. The molecule has 0 aliphatic rings. The van der Waals surface area contributed by atoms with E-state index in [1.54, 1.807) is 0 Å². The minimum Gasteiger partial charge on any atom is -0.392 e. The van der Waals surface area contributed by atoms with Gasteiger partial charge in [0, 0.05) is 12.6 Å². The van der Waals surface area contributed by atoms with Crippen molar-refractivity contribution in [3.63, 3.8) is 0 Å². The molecule has 0 saturated carbocycles. The molecule has 0 saturated heterocycles. The highest BCUT2D eigenvalue weighted by Crippen LogP contribution is 2.18. The lowest BCUT2D eigenvalue weighted by molar-refractivity contribution is 0.280. The van der Waals surface area contributed by atoms with Crippen LogP contribution >= 0.6 is 0 Å². The molecule has 0 bridgehead atoms. The van der Waals surface area contributed by atoms with Gasteiger partial charge in [0.25, 0.3) is 0 Å². The van der Waals surface area contributed by atoms with Gasteiger partial charge in [0.2, 0.25) is 0 Å². The van der Waals surface area contributed by atoms with E-state index < -0.39 is 0 Å². The summed E-state index contributed by atoms with van der Waals surface area (Å²) in [4.78, 5) is 0. The molecule has 0 radical (unpaired) electrons. The van der Waals surface area contributed by atoms with Gasteiger partial charge in [-0.15, -0.1) is 0 Å². The monoisotopic (exact) mass is 255 g/mol. The van der Waals surface area contributed by atoms with Crippen LogP contribution in [-0.2, 0) is 13.2 Å². The first-order valence-electron chi connectivity index (χ1n) is 6.69. The van der Waals surface area contributed by atoms with E-state index >= 15 is 0 Å². The summed E-state index contributed by atoms with van der Waals surface area (Å²) in [5.74, 6) is 0. The molecule has 2 aromatic carbocycles. The summed E-state index contributed by atoms with van der Waals surface area (Å²) in [7, 11) is 0. The second-order valence-electron chi connectivity index (χ2n) is 4.89. The third-order valence-corrected chi connectivity index (χ3v) is 3.54. The first kappa shape index (κ1) is 13.8. The van der Waals surface area contributed by atoms with Gasteiger partial charge in [-0.2, -0.15) is 0 Å². The zero-order valence-corrected chi connectivity index (χ0v) is 11.6. The number of benzene rings is 2. The molecule has 0 heterocycles. The van der Waals surface area contributed by atoms with Crippen molar-refractivity contribution >= 4 is 0 Å². The van der Waals surface area contributed by atoms with Crippen molar-refractivity contribution in [3.05, 3.63) is 70.8 Å². The SMILES string of the molecule is Cc1ccccc1C(C)NCc1ccccc1CO. The Kier molecular flexibility index (Phi) is 4.72. The maximum atomic E-state index is 9.32. The van der Waals surface area contributed by atoms with Crippen LogP contribution < -0.4 is 5.32 Å². The van der Waals surface area contributed by atoms with Crippen molar-refractivity contribution in [1.29, 1.82) is 0 Å². The Morgan fingerprint density at radius 1 is 1.00 bits per heavy atom. The molecular weight excluding hydrogens is 234 g/mol. The summed E-state index contributed by atoms with van der Waals surface area (Å²) in [5.41, 5.74) is 4.78. The molecule has 0 aliphatic carbocycles. The molecule has 0 fully saturated rings. The lowest BCUT2D eigenvalue weighted by Crippen LogP contribution is -2.19. The van der Waals surface area contributed by atoms with Gasteiger partial charge < -0.3 is 10.4 Å². The quantitative estimate of drug-likeness (QED) is 0.859. The number of aryl methyl sites for hydroxylation is 1. The van der Waals surface area contributed by atoms with Crippen LogP contribution in [0.3, 0.4) is 0 Å². The molecule has 2 nitrogen and oxygen atoms in total. The highest BCUT2D eigenvalue weighted by molar-refractivity contribution is 5.29. The molecule has 0 aliphatic heterocycles. The van der Waals surface area contributed by atoms with E-state index in [1.165, 1.54) is 11.1 Å². The van der Waals surface area contributed by atoms with Gasteiger partial charge in [-0.3, -0.25) is 0 Å². The lowest BCUT2D eigenvalue weighted by Gasteiger charge is -2.17. The Bertz CT molecular complexity index is 536. The van der Waals surface area contributed by atoms with Crippen molar-refractivity contribution in [2.24, 2.45) is 0 Å². The van der Waals surface area contributed by atoms with Crippen LogP contribution in [0.1, 0.15) is 35.2 Å². The minimum absolute atomic E-state index is 0.0938. The number of rotatable bonds is 5. The number of aliphatic hydroxyl groups is 1. The summed E-state index contributed by atoms with van der Waals surface area (Å²) in [6.07, 6.45) is 0. The van der Waals surface area contributed by atoms with Gasteiger partial charge in [0.1, 0.15) is 0 Å². The van der Waals surface area contributed by atoms with Crippen LogP contribution in [0.5, 0.6) is 0 Å². The zero-order valence-electron chi connectivity index (χ0n) is 11.6. The van der Waals surface area contributed by atoms with Crippen molar-refractivity contribution in [3.8, 4) is 0 Å². The molecule has 19 heavy (non-hydrogen) atoms. The third kappa shape index (κ3) is 3.43. The summed E-state index contributed by atoms with van der Waals surface area (Å²) in [6, 6.07) is 16.7. The predicted octanol–water partition coefficient (Wildman–Crippen LogP) is 3.34. The van der Waals surface area contributed by atoms with Crippen LogP contribution in [0, 0.1) is 6.92 Å². The van der Waals surface area contributed by atoms with Crippen LogP contribution in [-0.4, -0.2) is 5.11 Å². The first-order valence-corrected chi connectivity index (χ1v) is 6.69. The molecular formula is C17H21NO. The van der Waals surface area contributed by atoms with E-state index in [9.17, 15) is 5.11 Å². The van der Waals surface area contributed by atoms with E-state index in [4.69, 9.17) is 0 Å². The van der Waals surface area contributed by atoms with Crippen LogP contribution in [0.2, 0.25) is 0 Å². The Morgan fingerprint density at radius 3 is 2.32 bits per heavy atom. The molecule has 0 amide bonds. The molecule has 1 unspecified atom stereocenters. The third-order valence-electron chi connectivity index (χ3n) is 3.54. The number of aliphatic hydroxyl groups excluding tert-OH is 1. The van der Waals surface area contributed by atoms with Gasteiger partial charge in [0.05, 0.1) is 6.61 Å². The Hall–Kier alpha value is -1.64. The first-order chi connectivity index (χ1) is 9.22. The Morgan fingerprint density at radius 2 is 1.63 bits per heavy atom. The predicted molar refractivity (Wildman–Crippen MR) is 78.8 cm³/mol. The summed E-state index contributed by atoms with van der Waals surface area (Å²) in [6.45, 7) is 5.17. The molecule has 2 rings (SSSR count). The smallest absolute Gasteiger partial charge is 0.0685 e. The number of hydrogen-bond acceptors (Lipinski definition) is 2. The molecule has 0 aromatic heterocycles. The largest absolute Gasteiger partial charge is 0.392 e. The molecule has 1 atom stereocenters.